The Kier molecular flexibility index (Phi) is 7.73. The number of rotatable bonds is 6. The third-order valence-electron chi connectivity index (χ3n) is 1.05. The zero-order valence-corrected chi connectivity index (χ0v) is 7.01. The molecule has 0 aromatic carbocycles. The summed E-state index contributed by atoms with van der Waals surface area (Å²) in [5.41, 5.74) is 0. The topological polar surface area (TPSA) is 70.6 Å². The highest BCUT2D eigenvalue weighted by atomic mass is 16.5. The van der Waals surface area contributed by atoms with E-state index in [4.69, 9.17) is 9.84 Å². The van der Waals surface area contributed by atoms with Crippen LogP contribution in [0.1, 0.15) is 0 Å². The number of hydrogen-bond donors (Lipinski definition) is 3. The Labute approximate surface area is 72.1 Å². The zero-order valence-electron chi connectivity index (χ0n) is 7.01. The Bertz CT molecular complexity index is 119. The molecule has 0 saturated carbocycles. The molecule has 0 aliphatic heterocycles. The second-order valence-electron chi connectivity index (χ2n) is 2.02. The highest BCUT2D eigenvalue weighted by Gasteiger charge is 1.94. The lowest BCUT2D eigenvalue weighted by Gasteiger charge is -2.05. The first-order valence-electron chi connectivity index (χ1n) is 3.80. The Balaban J connectivity index is 3.03. The summed E-state index contributed by atoms with van der Waals surface area (Å²) in [6, 6.07) is -0.252. The fraction of sp³-hybridized carbons (Fsp3) is 0.714. The molecule has 0 aliphatic rings. The van der Waals surface area contributed by atoms with Crippen LogP contribution >= 0.6 is 0 Å². The molecule has 0 fully saturated rings. The van der Waals surface area contributed by atoms with Crippen molar-refractivity contribution in [3.05, 3.63) is 6.92 Å². The second kappa shape index (κ2) is 8.29. The molecule has 0 aliphatic carbocycles. The van der Waals surface area contributed by atoms with Crippen LogP contribution in [0.15, 0.2) is 0 Å². The molecule has 1 radical (unpaired) electrons. The number of urea groups is 1. The number of aliphatic hydroxyl groups excluding tert-OH is 1. The third kappa shape index (κ3) is 7.30. The van der Waals surface area contributed by atoms with Gasteiger partial charge in [-0.2, -0.15) is 0 Å². The molecule has 0 saturated heterocycles. The largest absolute Gasteiger partial charge is 0.394 e. The van der Waals surface area contributed by atoms with Crippen LogP contribution in [0.4, 0.5) is 4.79 Å². The van der Waals surface area contributed by atoms with Gasteiger partial charge in [-0.25, -0.2) is 4.79 Å². The lowest BCUT2D eigenvalue weighted by molar-refractivity contribution is 0.0947. The first-order chi connectivity index (χ1) is 5.81. The third-order valence-corrected chi connectivity index (χ3v) is 1.05. The van der Waals surface area contributed by atoms with E-state index in [9.17, 15) is 4.79 Å². The van der Waals surface area contributed by atoms with Gasteiger partial charge in [-0.3, -0.25) is 0 Å². The van der Waals surface area contributed by atoms with Crippen molar-refractivity contribution in [3.63, 3.8) is 0 Å². The summed E-state index contributed by atoms with van der Waals surface area (Å²) < 4.78 is 4.90. The number of aliphatic hydroxyl groups is 1. The van der Waals surface area contributed by atoms with Gasteiger partial charge in [-0.1, -0.05) is 0 Å². The Morgan fingerprint density at radius 3 is 2.75 bits per heavy atom. The second-order valence-corrected chi connectivity index (χ2v) is 2.02. The van der Waals surface area contributed by atoms with Crippen molar-refractivity contribution in [3.8, 4) is 0 Å². The minimum atomic E-state index is -0.252. The standard InChI is InChI=1S/C7H15N2O3/c1-2-8-7(11)9-3-5-12-6-4-10/h10H,1-6H2,(H2,8,9,11). The molecule has 0 aromatic rings. The smallest absolute Gasteiger partial charge is 0.314 e. The zero-order chi connectivity index (χ0) is 9.23. The van der Waals surface area contributed by atoms with Crippen molar-refractivity contribution >= 4 is 6.03 Å². The van der Waals surface area contributed by atoms with Crippen LogP contribution in [0.25, 0.3) is 0 Å². The molecule has 71 valence electrons. The average molecular weight is 175 g/mol. The maximum Gasteiger partial charge on any atom is 0.314 e. The van der Waals surface area contributed by atoms with Gasteiger partial charge in [0.15, 0.2) is 0 Å². The van der Waals surface area contributed by atoms with Crippen molar-refractivity contribution in [1.82, 2.24) is 10.6 Å². The van der Waals surface area contributed by atoms with E-state index in [1.54, 1.807) is 0 Å². The number of amides is 2. The highest BCUT2D eigenvalue weighted by Crippen LogP contribution is 1.71. The van der Waals surface area contributed by atoms with E-state index < -0.39 is 0 Å². The maximum atomic E-state index is 10.7. The number of carbonyl (C=O) groups is 1. The number of nitrogens with one attached hydrogen (secondary N) is 2. The van der Waals surface area contributed by atoms with E-state index in [1.807, 2.05) is 0 Å². The van der Waals surface area contributed by atoms with E-state index in [-0.39, 0.29) is 12.6 Å². The average Bonchev–Trinajstić information content (AvgIpc) is 2.05. The van der Waals surface area contributed by atoms with E-state index >= 15 is 0 Å². The molecule has 0 unspecified atom stereocenters. The Hall–Kier alpha value is -0.810. The molecule has 3 N–H and O–H groups in total. The maximum absolute atomic E-state index is 10.7. The summed E-state index contributed by atoms with van der Waals surface area (Å²) in [6.45, 7) is 4.96. The summed E-state index contributed by atoms with van der Waals surface area (Å²) in [6.07, 6.45) is 0. The predicted molar refractivity (Wildman–Crippen MR) is 44.7 cm³/mol. The van der Waals surface area contributed by atoms with Crippen LogP contribution in [-0.2, 0) is 4.74 Å². The van der Waals surface area contributed by atoms with Crippen molar-refractivity contribution in [2.75, 3.05) is 32.9 Å². The molecule has 0 aromatic heterocycles. The number of hydrogen-bond acceptors (Lipinski definition) is 3. The van der Waals surface area contributed by atoms with Crippen molar-refractivity contribution in [1.29, 1.82) is 0 Å². The quantitative estimate of drug-likeness (QED) is 0.459. The van der Waals surface area contributed by atoms with Gasteiger partial charge in [0.05, 0.1) is 19.8 Å². The van der Waals surface area contributed by atoms with Gasteiger partial charge in [-0.05, 0) is 6.92 Å². The monoisotopic (exact) mass is 175 g/mol. The van der Waals surface area contributed by atoms with Crippen molar-refractivity contribution < 1.29 is 14.6 Å². The summed E-state index contributed by atoms with van der Waals surface area (Å²) >= 11 is 0. The first kappa shape index (κ1) is 11.2. The summed E-state index contributed by atoms with van der Waals surface area (Å²) in [5, 5.41) is 13.3. The Morgan fingerprint density at radius 2 is 2.17 bits per heavy atom. The fourth-order valence-corrected chi connectivity index (χ4v) is 0.579. The minimum Gasteiger partial charge on any atom is -0.394 e. The lowest BCUT2D eigenvalue weighted by Crippen LogP contribution is -2.37. The molecule has 12 heavy (non-hydrogen) atoms. The van der Waals surface area contributed by atoms with Gasteiger partial charge in [-0.15, -0.1) is 0 Å². The van der Waals surface area contributed by atoms with Crippen LogP contribution in [0.3, 0.4) is 0 Å². The van der Waals surface area contributed by atoms with Gasteiger partial charge in [0.25, 0.3) is 0 Å². The van der Waals surface area contributed by atoms with Gasteiger partial charge >= 0.3 is 6.03 Å². The summed E-state index contributed by atoms with van der Waals surface area (Å²) in [7, 11) is 0. The van der Waals surface area contributed by atoms with Crippen LogP contribution in [0, 0.1) is 6.92 Å². The summed E-state index contributed by atoms with van der Waals surface area (Å²) in [4.78, 5) is 10.7. The van der Waals surface area contributed by atoms with E-state index in [0.717, 1.165) is 0 Å². The van der Waals surface area contributed by atoms with Gasteiger partial charge in [0.1, 0.15) is 0 Å². The van der Waals surface area contributed by atoms with Gasteiger partial charge in [0.2, 0.25) is 0 Å². The van der Waals surface area contributed by atoms with Gasteiger partial charge in [0, 0.05) is 13.1 Å². The molecule has 0 bridgehead atoms. The van der Waals surface area contributed by atoms with Gasteiger partial charge < -0.3 is 20.5 Å². The van der Waals surface area contributed by atoms with Crippen LogP contribution in [0.5, 0.6) is 0 Å². The number of carbonyl (C=O) groups excluding carboxylic acids is 1. The molecule has 5 heteroatoms. The normalized spacial score (nSPS) is 9.50. The molecule has 2 amide bonds. The van der Waals surface area contributed by atoms with E-state index in [2.05, 4.69) is 17.6 Å². The van der Waals surface area contributed by atoms with Crippen LogP contribution < -0.4 is 10.6 Å². The van der Waals surface area contributed by atoms with Crippen LogP contribution in [0.2, 0.25) is 0 Å². The molecule has 5 nitrogen and oxygen atoms in total. The predicted octanol–water partition coefficient (Wildman–Crippen LogP) is -0.871. The SMILES string of the molecule is [CH2]CNC(=O)NCCOCCO. The van der Waals surface area contributed by atoms with E-state index in [1.165, 1.54) is 0 Å². The molecule has 0 rings (SSSR count). The molecular weight excluding hydrogens is 160 g/mol. The first-order valence-corrected chi connectivity index (χ1v) is 3.80. The van der Waals surface area contributed by atoms with E-state index in [0.29, 0.717) is 26.3 Å². The Morgan fingerprint density at radius 1 is 1.42 bits per heavy atom. The minimum absolute atomic E-state index is 0.00504. The molecule has 0 atom stereocenters. The molecule has 0 heterocycles. The summed E-state index contributed by atoms with van der Waals surface area (Å²) in [5.74, 6) is 0. The highest BCUT2D eigenvalue weighted by molar-refractivity contribution is 5.73. The lowest BCUT2D eigenvalue weighted by atomic mass is 10.6. The molecule has 0 spiro atoms. The number of ether oxygens (including phenoxy) is 1. The van der Waals surface area contributed by atoms with Crippen LogP contribution in [-0.4, -0.2) is 44.0 Å². The molecular formula is C7H15N2O3. The van der Waals surface area contributed by atoms with Crippen molar-refractivity contribution in [2.45, 2.75) is 0 Å². The fourth-order valence-electron chi connectivity index (χ4n) is 0.579. The van der Waals surface area contributed by atoms with Crippen molar-refractivity contribution in [2.24, 2.45) is 0 Å².